The number of anilines is 2. The van der Waals surface area contributed by atoms with E-state index in [1.807, 2.05) is 36.4 Å². The number of Topliss-reactive ketones (excluding diaryl/α,β-unsaturated/α-hetero) is 1. The fourth-order valence-corrected chi connectivity index (χ4v) is 3.30. The molecule has 0 saturated heterocycles. The number of rotatable bonds is 4. The van der Waals surface area contributed by atoms with Crippen molar-refractivity contribution in [3.8, 4) is 5.75 Å². The van der Waals surface area contributed by atoms with Crippen molar-refractivity contribution in [3.05, 3.63) is 83.9 Å². The lowest BCUT2D eigenvalue weighted by Gasteiger charge is -2.36. The molecular formula is C22H19N3O3. The molecule has 1 aliphatic heterocycles. The summed E-state index contributed by atoms with van der Waals surface area (Å²) >= 11 is 0. The molecule has 2 aromatic carbocycles. The number of hydrogen-bond donors (Lipinski definition) is 1. The molecule has 4 rings (SSSR count). The van der Waals surface area contributed by atoms with Gasteiger partial charge in [-0.2, -0.15) is 0 Å². The molecule has 2 atom stereocenters. The predicted octanol–water partition coefficient (Wildman–Crippen LogP) is 3.40. The van der Waals surface area contributed by atoms with Gasteiger partial charge >= 0.3 is 0 Å². The highest BCUT2D eigenvalue weighted by Gasteiger charge is 2.41. The van der Waals surface area contributed by atoms with Crippen molar-refractivity contribution in [2.24, 2.45) is 0 Å². The molecule has 1 amide bonds. The highest BCUT2D eigenvalue weighted by atomic mass is 16.5. The Morgan fingerprint density at radius 3 is 2.36 bits per heavy atom. The monoisotopic (exact) mass is 373 g/mol. The Morgan fingerprint density at radius 1 is 1.04 bits per heavy atom. The first-order valence-electron chi connectivity index (χ1n) is 8.96. The minimum atomic E-state index is -0.856. The van der Waals surface area contributed by atoms with Gasteiger partial charge in [0.05, 0.1) is 6.04 Å². The summed E-state index contributed by atoms with van der Waals surface area (Å²) in [6, 6.07) is 20.6. The number of nitrogens with two attached hydrogens (primary N) is 1. The second kappa shape index (κ2) is 7.15. The molecule has 28 heavy (non-hydrogen) atoms. The molecule has 3 aromatic rings. The van der Waals surface area contributed by atoms with Crippen LogP contribution in [0.4, 0.5) is 11.6 Å². The van der Waals surface area contributed by atoms with E-state index in [9.17, 15) is 9.59 Å². The molecule has 2 N–H and O–H groups in total. The largest absolute Gasteiger partial charge is 0.472 e. The van der Waals surface area contributed by atoms with E-state index in [-0.39, 0.29) is 23.3 Å². The summed E-state index contributed by atoms with van der Waals surface area (Å²) in [7, 11) is 0. The summed E-state index contributed by atoms with van der Waals surface area (Å²) in [6.45, 7) is 1.69. The van der Waals surface area contributed by atoms with Crippen LogP contribution in [0.15, 0.2) is 72.8 Å². The second-order valence-electron chi connectivity index (χ2n) is 6.58. The van der Waals surface area contributed by atoms with Crippen molar-refractivity contribution >= 4 is 23.3 Å². The van der Waals surface area contributed by atoms with Crippen molar-refractivity contribution in [1.82, 2.24) is 4.98 Å². The Labute approximate surface area is 162 Å². The molecule has 0 saturated carbocycles. The van der Waals surface area contributed by atoms with Gasteiger partial charge in [0, 0.05) is 11.1 Å². The number of ether oxygens (including phenoxy) is 1. The fourth-order valence-electron chi connectivity index (χ4n) is 3.30. The van der Waals surface area contributed by atoms with Gasteiger partial charge in [0.25, 0.3) is 5.91 Å². The maximum Gasteiger partial charge on any atom is 0.274 e. The molecule has 140 valence electrons. The lowest BCUT2D eigenvalue weighted by atomic mass is 10.0. The van der Waals surface area contributed by atoms with Crippen LogP contribution in [0.5, 0.6) is 5.75 Å². The van der Waals surface area contributed by atoms with Crippen LogP contribution in [0.25, 0.3) is 0 Å². The Balaban J connectivity index is 1.78. The van der Waals surface area contributed by atoms with Gasteiger partial charge in [0.1, 0.15) is 5.82 Å². The Hall–Kier alpha value is -3.67. The molecule has 0 radical (unpaired) electrons. The average Bonchev–Trinajstić information content (AvgIpc) is 2.73. The van der Waals surface area contributed by atoms with E-state index in [2.05, 4.69) is 4.98 Å². The molecule has 0 spiro atoms. The SMILES string of the molecule is CC(C(=O)c1ccccc1)N1C(=O)C(c2ccccc2)Oc2ccc(N)nc21. The molecule has 2 unspecified atom stereocenters. The first-order chi connectivity index (χ1) is 13.6. The van der Waals surface area contributed by atoms with E-state index in [1.165, 1.54) is 4.90 Å². The molecular weight excluding hydrogens is 354 g/mol. The third-order valence-electron chi connectivity index (χ3n) is 4.72. The number of carbonyl (C=O) groups excluding carboxylic acids is 2. The zero-order valence-electron chi connectivity index (χ0n) is 15.3. The van der Waals surface area contributed by atoms with Crippen LogP contribution in [0.3, 0.4) is 0 Å². The van der Waals surface area contributed by atoms with Gasteiger partial charge in [0.15, 0.2) is 17.4 Å². The van der Waals surface area contributed by atoms with Gasteiger partial charge in [-0.15, -0.1) is 0 Å². The normalized spacial score (nSPS) is 16.8. The standard InChI is InChI=1S/C22H19N3O3/c1-14(19(26)15-8-4-2-5-9-15)25-21-17(12-13-18(23)24-21)28-20(22(25)27)16-10-6-3-7-11-16/h2-14,20H,1H3,(H2,23,24). The highest BCUT2D eigenvalue weighted by Crippen LogP contribution is 2.39. The van der Waals surface area contributed by atoms with Gasteiger partial charge in [-0.1, -0.05) is 60.7 Å². The number of nitrogen functional groups attached to an aromatic ring is 1. The lowest BCUT2D eigenvalue weighted by molar-refractivity contribution is -0.127. The fraction of sp³-hybridized carbons (Fsp3) is 0.136. The molecule has 6 nitrogen and oxygen atoms in total. The van der Waals surface area contributed by atoms with Crippen molar-refractivity contribution < 1.29 is 14.3 Å². The summed E-state index contributed by atoms with van der Waals surface area (Å²) in [4.78, 5) is 32.0. The van der Waals surface area contributed by atoms with Crippen molar-refractivity contribution in [2.45, 2.75) is 19.1 Å². The van der Waals surface area contributed by atoms with E-state index in [4.69, 9.17) is 10.5 Å². The lowest BCUT2D eigenvalue weighted by Crippen LogP contribution is -2.49. The van der Waals surface area contributed by atoms with Crippen LogP contribution in [0.1, 0.15) is 28.9 Å². The minimum Gasteiger partial charge on any atom is -0.472 e. The number of fused-ring (bicyclic) bond motifs is 1. The number of ketones is 1. The number of nitrogens with zero attached hydrogens (tertiary/aromatic N) is 2. The van der Waals surface area contributed by atoms with E-state index >= 15 is 0 Å². The maximum absolute atomic E-state index is 13.3. The molecule has 1 aliphatic rings. The van der Waals surface area contributed by atoms with E-state index < -0.39 is 12.1 Å². The van der Waals surface area contributed by atoms with Crippen LogP contribution in [-0.4, -0.2) is 22.7 Å². The van der Waals surface area contributed by atoms with Crippen molar-refractivity contribution in [2.75, 3.05) is 10.6 Å². The van der Waals surface area contributed by atoms with E-state index in [0.29, 0.717) is 16.9 Å². The minimum absolute atomic E-state index is 0.183. The predicted molar refractivity (Wildman–Crippen MR) is 106 cm³/mol. The topological polar surface area (TPSA) is 85.5 Å². The summed E-state index contributed by atoms with van der Waals surface area (Å²) in [5, 5.41) is 0. The number of amides is 1. The summed E-state index contributed by atoms with van der Waals surface area (Å²) in [5.74, 6) is 0.383. The van der Waals surface area contributed by atoms with Gasteiger partial charge in [0.2, 0.25) is 6.10 Å². The van der Waals surface area contributed by atoms with Crippen molar-refractivity contribution in [3.63, 3.8) is 0 Å². The summed E-state index contributed by atoms with van der Waals surface area (Å²) in [6.07, 6.45) is -0.856. The van der Waals surface area contributed by atoms with Crippen LogP contribution in [0.2, 0.25) is 0 Å². The number of aromatic nitrogens is 1. The van der Waals surface area contributed by atoms with Gasteiger partial charge < -0.3 is 10.5 Å². The highest BCUT2D eigenvalue weighted by molar-refractivity contribution is 6.10. The van der Waals surface area contributed by atoms with Crippen LogP contribution < -0.4 is 15.4 Å². The first kappa shape index (κ1) is 17.7. The Morgan fingerprint density at radius 2 is 1.68 bits per heavy atom. The molecule has 0 fully saturated rings. The molecule has 1 aromatic heterocycles. The van der Waals surface area contributed by atoms with Crippen LogP contribution in [0, 0.1) is 0 Å². The van der Waals surface area contributed by atoms with Gasteiger partial charge in [-0.3, -0.25) is 14.5 Å². The first-order valence-corrected chi connectivity index (χ1v) is 8.96. The summed E-state index contributed by atoms with van der Waals surface area (Å²) < 4.78 is 5.93. The van der Waals surface area contributed by atoms with Crippen LogP contribution >= 0.6 is 0 Å². The smallest absolute Gasteiger partial charge is 0.274 e. The number of benzene rings is 2. The number of hydrogen-bond acceptors (Lipinski definition) is 5. The molecule has 0 aliphatic carbocycles. The zero-order valence-corrected chi connectivity index (χ0v) is 15.3. The van der Waals surface area contributed by atoms with Gasteiger partial charge in [-0.05, 0) is 19.1 Å². The second-order valence-corrected chi connectivity index (χ2v) is 6.58. The van der Waals surface area contributed by atoms with Crippen LogP contribution in [-0.2, 0) is 4.79 Å². The zero-order chi connectivity index (χ0) is 19.7. The Bertz CT molecular complexity index is 1020. The summed E-state index contributed by atoms with van der Waals surface area (Å²) in [5.41, 5.74) is 7.06. The third kappa shape index (κ3) is 3.09. The number of pyridine rings is 1. The van der Waals surface area contributed by atoms with Gasteiger partial charge in [-0.25, -0.2) is 4.98 Å². The number of carbonyl (C=O) groups is 2. The van der Waals surface area contributed by atoms with E-state index in [1.54, 1.807) is 43.3 Å². The average molecular weight is 373 g/mol. The van der Waals surface area contributed by atoms with Crippen molar-refractivity contribution in [1.29, 1.82) is 0 Å². The molecule has 2 heterocycles. The maximum atomic E-state index is 13.3. The molecule has 6 heteroatoms. The Kier molecular flexibility index (Phi) is 4.53. The van der Waals surface area contributed by atoms with E-state index in [0.717, 1.165) is 0 Å². The quantitative estimate of drug-likeness (QED) is 0.709. The molecule has 0 bridgehead atoms. The third-order valence-corrected chi connectivity index (χ3v) is 4.72.